The fourth-order valence-electron chi connectivity index (χ4n) is 5.59. The smallest absolute Gasteiger partial charge is 0.404 e. The Bertz CT molecular complexity index is 878. The maximum atomic E-state index is 13.7. The number of amides is 1. The molecule has 1 aliphatic carbocycles. The van der Waals surface area contributed by atoms with Crippen molar-refractivity contribution in [2.24, 2.45) is 17.6 Å². The number of ether oxygens (including phenoxy) is 1. The third kappa shape index (κ3) is 4.48. The van der Waals surface area contributed by atoms with E-state index in [1.807, 2.05) is 12.1 Å². The quantitative estimate of drug-likeness (QED) is 0.728. The lowest BCUT2D eigenvalue weighted by Crippen LogP contribution is -2.44. The zero-order valence-corrected chi connectivity index (χ0v) is 18.1. The minimum Gasteiger partial charge on any atom is -0.443 e. The molecule has 2 aromatic rings. The first-order chi connectivity index (χ1) is 14.4. The molecule has 1 aromatic carbocycles. The highest BCUT2D eigenvalue weighted by Gasteiger charge is 2.31. The fraction of sp³-hybridized carbons (Fsp3) is 0.625. The maximum absolute atomic E-state index is 13.7. The number of aromatic nitrogens is 1. The summed E-state index contributed by atoms with van der Waals surface area (Å²) in [4.78, 5) is 13.8. The van der Waals surface area contributed by atoms with Crippen LogP contribution in [0, 0.1) is 17.7 Å². The molecule has 0 radical (unpaired) electrons. The molecule has 2 aliphatic rings. The number of nitrogens with zero attached hydrogens (tertiary/aromatic N) is 2. The zero-order valence-electron chi connectivity index (χ0n) is 18.1. The van der Waals surface area contributed by atoms with E-state index in [0.717, 1.165) is 54.4 Å². The van der Waals surface area contributed by atoms with Gasteiger partial charge in [-0.15, -0.1) is 0 Å². The highest BCUT2D eigenvalue weighted by atomic mass is 19.1. The number of hydrogen-bond donors (Lipinski definition) is 1. The summed E-state index contributed by atoms with van der Waals surface area (Å²) in [6, 6.07) is 7.83. The Labute approximate surface area is 178 Å². The lowest BCUT2D eigenvalue weighted by atomic mass is 9.79. The van der Waals surface area contributed by atoms with E-state index >= 15 is 0 Å². The molecule has 0 spiro atoms. The summed E-state index contributed by atoms with van der Waals surface area (Å²) in [5.41, 5.74) is 7.05. The topological polar surface area (TPSA) is 60.5 Å². The van der Waals surface area contributed by atoms with Gasteiger partial charge in [0, 0.05) is 36.1 Å². The van der Waals surface area contributed by atoms with E-state index in [2.05, 4.69) is 23.3 Å². The van der Waals surface area contributed by atoms with Gasteiger partial charge in [0.05, 0.1) is 5.69 Å². The molecule has 2 heterocycles. The van der Waals surface area contributed by atoms with E-state index in [1.54, 1.807) is 6.07 Å². The minimum absolute atomic E-state index is 0.116. The van der Waals surface area contributed by atoms with Gasteiger partial charge in [-0.1, -0.05) is 13.8 Å². The molecule has 164 valence electrons. The monoisotopic (exact) mass is 415 g/mol. The Morgan fingerprint density at radius 1 is 1.10 bits per heavy atom. The molecule has 2 fully saturated rings. The van der Waals surface area contributed by atoms with Crippen molar-refractivity contribution in [2.75, 3.05) is 13.1 Å². The average Bonchev–Trinajstić information content (AvgIpc) is 3.09. The number of carbonyl (C=O) groups is 1. The van der Waals surface area contributed by atoms with E-state index in [9.17, 15) is 9.18 Å². The van der Waals surface area contributed by atoms with Crippen molar-refractivity contribution in [1.29, 1.82) is 0 Å². The standard InChI is InChI=1S/C24H34FN3O2/c1-16(2)17-3-6-20(7-4-17)27-11-9-21(10-12-27)28-22(15-30-24(26)29)14-18-13-19(25)5-8-23(18)28/h5,8,13-14,16-17,20-21H,3-4,6-7,9-12,15H2,1-2H3,(H2,26,29). The molecule has 1 saturated carbocycles. The predicted molar refractivity (Wildman–Crippen MR) is 117 cm³/mol. The first-order valence-electron chi connectivity index (χ1n) is 11.4. The largest absolute Gasteiger partial charge is 0.443 e. The number of nitrogens with two attached hydrogens (primary N) is 1. The number of halogens is 1. The van der Waals surface area contributed by atoms with Gasteiger partial charge >= 0.3 is 6.09 Å². The van der Waals surface area contributed by atoms with Crippen molar-refractivity contribution in [1.82, 2.24) is 9.47 Å². The summed E-state index contributed by atoms with van der Waals surface area (Å²) in [5, 5.41) is 0.840. The van der Waals surface area contributed by atoms with Gasteiger partial charge in [-0.2, -0.15) is 0 Å². The molecule has 0 atom stereocenters. The van der Waals surface area contributed by atoms with Crippen LogP contribution in [0.4, 0.5) is 9.18 Å². The van der Waals surface area contributed by atoms with Gasteiger partial charge in [-0.3, -0.25) is 0 Å². The first-order valence-corrected chi connectivity index (χ1v) is 11.4. The molecule has 30 heavy (non-hydrogen) atoms. The van der Waals surface area contributed by atoms with Crippen molar-refractivity contribution in [2.45, 2.75) is 71.1 Å². The van der Waals surface area contributed by atoms with Crippen LogP contribution in [0.15, 0.2) is 24.3 Å². The van der Waals surface area contributed by atoms with E-state index in [0.29, 0.717) is 12.1 Å². The van der Waals surface area contributed by atoms with Crippen LogP contribution in [0.2, 0.25) is 0 Å². The second-order valence-electron chi connectivity index (χ2n) is 9.40. The molecule has 1 saturated heterocycles. The Morgan fingerprint density at radius 2 is 1.80 bits per heavy atom. The number of carbonyl (C=O) groups excluding carboxylic acids is 1. The van der Waals surface area contributed by atoms with E-state index in [-0.39, 0.29) is 12.4 Å². The van der Waals surface area contributed by atoms with E-state index < -0.39 is 6.09 Å². The average molecular weight is 416 g/mol. The van der Waals surface area contributed by atoms with E-state index in [4.69, 9.17) is 10.5 Å². The van der Waals surface area contributed by atoms with Crippen LogP contribution in [0.25, 0.3) is 10.9 Å². The van der Waals surface area contributed by atoms with Crippen molar-refractivity contribution in [3.05, 3.63) is 35.8 Å². The Morgan fingerprint density at radius 3 is 2.43 bits per heavy atom. The molecular weight excluding hydrogens is 381 g/mol. The van der Waals surface area contributed by atoms with Crippen LogP contribution < -0.4 is 5.73 Å². The lowest BCUT2D eigenvalue weighted by molar-refractivity contribution is 0.0876. The van der Waals surface area contributed by atoms with Crippen LogP contribution in [0.3, 0.4) is 0 Å². The second kappa shape index (κ2) is 8.96. The maximum Gasteiger partial charge on any atom is 0.404 e. The molecule has 4 rings (SSSR count). The van der Waals surface area contributed by atoms with Gasteiger partial charge < -0.3 is 19.9 Å². The number of benzene rings is 1. The molecule has 5 nitrogen and oxygen atoms in total. The molecular formula is C24H34FN3O2. The lowest BCUT2D eigenvalue weighted by Gasteiger charge is -2.42. The number of fused-ring (bicyclic) bond motifs is 1. The number of primary amides is 1. The SMILES string of the molecule is CC(C)C1CCC(N2CCC(n3c(COC(N)=O)cc4cc(F)ccc43)CC2)CC1. The zero-order chi connectivity index (χ0) is 21.3. The molecule has 6 heteroatoms. The number of likely N-dealkylation sites (tertiary alicyclic amines) is 1. The highest BCUT2D eigenvalue weighted by Crippen LogP contribution is 2.36. The normalized spacial score (nSPS) is 23.9. The van der Waals surface area contributed by atoms with Crippen LogP contribution in [-0.4, -0.2) is 34.7 Å². The summed E-state index contributed by atoms with van der Waals surface area (Å²) < 4.78 is 21.1. The van der Waals surface area contributed by atoms with Gasteiger partial charge in [0.15, 0.2) is 0 Å². The number of hydrogen-bond acceptors (Lipinski definition) is 3. The third-order valence-corrected chi connectivity index (χ3v) is 7.31. The molecule has 1 aromatic heterocycles. The highest BCUT2D eigenvalue weighted by molar-refractivity contribution is 5.81. The summed E-state index contributed by atoms with van der Waals surface area (Å²) in [6.07, 6.45) is 6.65. The van der Waals surface area contributed by atoms with Gasteiger partial charge in [-0.05, 0) is 74.6 Å². The van der Waals surface area contributed by atoms with Gasteiger partial charge in [0.2, 0.25) is 0 Å². The van der Waals surface area contributed by atoms with E-state index in [1.165, 1.54) is 31.7 Å². The Kier molecular flexibility index (Phi) is 6.32. The molecule has 0 bridgehead atoms. The number of piperidine rings is 1. The van der Waals surface area contributed by atoms with Gasteiger partial charge in [0.25, 0.3) is 0 Å². The van der Waals surface area contributed by atoms with Crippen LogP contribution in [0.5, 0.6) is 0 Å². The van der Waals surface area contributed by atoms with Crippen molar-refractivity contribution in [3.63, 3.8) is 0 Å². The summed E-state index contributed by atoms with van der Waals surface area (Å²) in [6.45, 7) is 6.98. The second-order valence-corrected chi connectivity index (χ2v) is 9.40. The van der Waals surface area contributed by atoms with Crippen LogP contribution in [-0.2, 0) is 11.3 Å². The predicted octanol–water partition coefficient (Wildman–Crippen LogP) is 5.23. The fourth-order valence-corrected chi connectivity index (χ4v) is 5.59. The van der Waals surface area contributed by atoms with Gasteiger partial charge in [-0.25, -0.2) is 9.18 Å². The van der Waals surface area contributed by atoms with Crippen molar-refractivity contribution in [3.8, 4) is 0 Å². The Balaban J connectivity index is 1.46. The van der Waals surface area contributed by atoms with Crippen LogP contribution >= 0.6 is 0 Å². The minimum atomic E-state index is -0.787. The third-order valence-electron chi connectivity index (χ3n) is 7.31. The van der Waals surface area contributed by atoms with Gasteiger partial charge in [0.1, 0.15) is 12.4 Å². The van der Waals surface area contributed by atoms with Crippen molar-refractivity contribution < 1.29 is 13.9 Å². The van der Waals surface area contributed by atoms with Crippen molar-refractivity contribution >= 4 is 17.0 Å². The molecule has 1 aliphatic heterocycles. The molecule has 2 N–H and O–H groups in total. The number of rotatable bonds is 5. The summed E-state index contributed by atoms with van der Waals surface area (Å²) in [5.74, 6) is 1.43. The summed E-state index contributed by atoms with van der Waals surface area (Å²) in [7, 11) is 0. The first kappa shape index (κ1) is 21.2. The summed E-state index contributed by atoms with van der Waals surface area (Å²) >= 11 is 0. The molecule has 0 unspecified atom stereocenters. The molecule has 1 amide bonds. The van der Waals surface area contributed by atoms with Crippen LogP contribution in [0.1, 0.15) is 64.1 Å². The Hall–Kier alpha value is -2.08.